The van der Waals surface area contributed by atoms with Crippen LogP contribution in [0.5, 0.6) is 5.75 Å². The number of anilines is 1. The summed E-state index contributed by atoms with van der Waals surface area (Å²) in [5.74, 6) is 0.577. The summed E-state index contributed by atoms with van der Waals surface area (Å²) in [6, 6.07) is 3.61. The van der Waals surface area contributed by atoms with Gasteiger partial charge >= 0.3 is 12.2 Å². The number of hydrogen-bond acceptors (Lipinski definition) is 3. The number of nitrogens with one attached hydrogen (secondary N) is 2. The summed E-state index contributed by atoms with van der Waals surface area (Å²) in [7, 11) is 3.04. The second-order valence-electron chi connectivity index (χ2n) is 4.72. The first-order chi connectivity index (χ1) is 10.8. The van der Waals surface area contributed by atoms with Gasteiger partial charge in [0.25, 0.3) is 0 Å². The quantitative estimate of drug-likeness (QED) is 0.907. The van der Waals surface area contributed by atoms with Gasteiger partial charge in [-0.25, -0.2) is 4.79 Å². The highest BCUT2D eigenvalue weighted by Gasteiger charge is 2.42. The minimum Gasteiger partial charge on any atom is -0.497 e. The molecule has 0 unspecified atom stereocenters. The normalized spacial score (nSPS) is 12.6. The third-order valence-electron chi connectivity index (χ3n) is 3.01. The maximum absolute atomic E-state index is 13.2. The zero-order chi connectivity index (χ0) is 17.0. The monoisotopic (exact) mass is 328 g/mol. The molecule has 0 fully saturated rings. The Morgan fingerprint density at radius 2 is 1.91 bits per heavy atom. The number of carbonyl (C=O) groups excluding carboxylic acids is 1. The molecule has 0 aliphatic heterocycles. The molecule has 0 radical (unpaired) electrons. The molecule has 0 saturated heterocycles. The summed E-state index contributed by atoms with van der Waals surface area (Å²) in [5, 5.41) is 8.02. The van der Waals surface area contributed by atoms with E-state index in [1.54, 1.807) is 13.2 Å². The number of halogens is 3. The van der Waals surface area contributed by atoms with Crippen molar-refractivity contribution in [3.8, 4) is 5.75 Å². The number of alkyl halides is 3. The average molecular weight is 328 g/mol. The minimum absolute atomic E-state index is 0.102. The lowest BCUT2D eigenvalue weighted by atomic mass is 10.1. The number of rotatable bonds is 4. The predicted molar refractivity (Wildman–Crippen MR) is 77.2 cm³/mol. The van der Waals surface area contributed by atoms with Gasteiger partial charge in [-0.1, -0.05) is 12.1 Å². The second kappa shape index (κ2) is 6.59. The molecule has 1 aromatic carbocycles. The number of carbonyl (C=O) groups is 1. The van der Waals surface area contributed by atoms with Crippen LogP contribution in [0.3, 0.4) is 0 Å². The topological polar surface area (TPSA) is 68.2 Å². The highest BCUT2D eigenvalue weighted by Crippen LogP contribution is 2.33. The van der Waals surface area contributed by atoms with Crippen LogP contribution in [0.2, 0.25) is 0 Å². The number of amides is 2. The van der Waals surface area contributed by atoms with Crippen molar-refractivity contribution in [3.05, 3.63) is 42.1 Å². The van der Waals surface area contributed by atoms with Gasteiger partial charge < -0.3 is 10.1 Å². The highest BCUT2D eigenvalue weighted by molar-refractivity contribution is 5.88. The minimum atomic E-state index is -4.64. The number of hydrogen-bond donors (Lipinski definition) is 2. The lowest BCUT2D eigenvalue weighted by Gasteiger charge is -2.22. The first-order valence-electron chi connectivity index (χ1n) is 6.57. The van der Waals surface area contributed by atoms with Crippen LogP contribution in [-0.2, 0) is 7.05 Å². The van der Waals surface area contributed by atoms with E-state index in [1.807, 2.05) is 5.32 Å². The highest BCUT2D eigenvalue weighted by atomic mass is 19.4. The van der Waals surface area contributed by atoms with Crippen molar-refractivity contribution in [1.29, 1.82) is 0 Å². The van der Waals surface area contributed by atoms with E-state index in [0.717, 1.165) is 0 Å². The number of urea groups is 1. The third-order valence-corrected chi connectivity index (χ3v) is 3.01. The van der Waals surface area contributed by atoms with E-state index in [2.05, 4.69) is 10.4 Å². The molecule has 2 amide bonds. The van der Waals surface area contributed by atoms with Crippen LogP contribution < -0.4 is 15.4 Å². The van der Waals surface area contributed by atoms with Gasteiger partial charge in [0.15, 0.2) is 11.9 Å². The molecule has 23 heavy (non-hydrogen) atoms. The zero-order valence-electron chi connectivity index (χ0n) is 12.4. The van der Waals surface area contributed by atoms with Crippen molar-refractivity contribution in [2.24, 2.45) is 7.05 Å². The summed E-state index contributed by atoms with van der Waals surface area (Å²) in [4.78, 5) is 11.8. The van der Waals surface area contributed by atoms with Crippen LogP contribution in [0.1, 0.15) is 11.6 Å². The first-order valence-corrected chi connectivity index (χ1v) is 6.57. The van der Waals surface area contributed by atoms with E-state index in [-0.39, 0.29) is 11.4 Å². The van der Waals surface area contributed by atoms with E-state index in [4.69, 9.17) is 4.74 Å². The first kappa shape index (κ1) is 16.7. The summed E-state index contributed by atoms with van der Waals surface area (Å²) < 4.78 is 45.9. The van der Waals surface area contributed by atoms with Gasteiger partial charge in [0.1, 0.15) is 5.75 Å². The van der Waals surface area contributed by atoms with Crippen LogP contribution in [0.15, 0.2) is 36.5 Å². The molecule has 0 aliphatic carbocycles. The molecule has 1 aromatic heterocycles. The molecular weight excluding hydrogens is 313 g/mol. The van der Waals surface area contributed by atoms with Gasteiger partial charge in [-0.05, 0) is 17.7 Å². The van der Waals surface area contributed by atoms with Gasteiger partial charge in [-0.15, -0.1) is 0 Å². The fourth-order valence-corrected chi connectivity index (χ4v) is 1.92. The van der Waals surface area contributed by atoms with E-state index in [0.29, 0.717) is 5.75 Å². The van der Waals surface area contributed by atoms with Crippen molar-refractivity contribution in [2.45, 2.75) is 12.2 Å². The average Bonchev–Trinajstić information content (AvgIpc) is 2.89. The van der Waals surface area contributed by atoms with Crippen molar-refractivity contribution >= 4 is 11.8 Å². The Hall–Kier alpha value is -2.71. The van der Waals surface area contributed by atoms with Gasteiger partial charge in [-0.2, -0.15) is 18.3 Å². The maximum Gasteiger partial charge on any atom is 0.412 e. The Morgan fingerprint density at radius 3 is 2.39 bits per heavy atom. The van der Waals surface area contributed by atoms with Crippen molar-refractivity contribution < 1.29 is 22.7 Å². The molecule has 9 heteroatoms. The fourth-order valence-electron chi connectivity index (χ4n) is 1.92. The maximum atomic E-state index is 13.2. The fraction of sp³-hybridized carbons (Fsp3) is 0.286. The number of benzene rings is 1. The molecule has 2 rings (SSSR count). The lowest BCUT2D eigenvalue weighted by molar-refractivity contribution is -0.154. The molecule has 1 heterocycles. The summed E-state index contributed by atoms with van der Waals surface area (Å²) in [6.45, 7) is 0. The standard InChI is InChI=1S/C14H15F3N4O2/c1-21-8-7-11(20-21)18-13(22)19-12(14(15,16)17)9-3-5-10(23-2)6-4-9/h3-8,12H,1-2H3,(H2,18,19,20,22)/t12-/m1/s1. The van der Waals surface area contributed by atoms with Gasteiger partial charge in [-0.3, -0.25) is 10.00 Å². The van der Waals surface area contributed by atoms with Gasteiger partial charge in [0.2, 0.25) is 0 Å². The van der Waals surface area contributed by atoms with E-state index >= 15 is 0 Å². The summed E-state index contributed by atoms with van der Waals surface area (Å²) in [5.41, 5.74) is -0.102. The Kier molecular flexibility index (Phi) is 4.77. The molecule has 0 saturated carbocycles. The van der Waals surface area contributed by atoms with E-state index < -0.39 is 18.2 Å². The summed E-state index contributed by atoms with van der Waals surface area (Å²) >= 11 is 0. The van der Waals surface area contributed by atoms with Crippen LogP contribution in [0.4, 0.5) is 23.8 Å². The Labute approximate surface area is 130 Å². The molecule has 2 aromatic rings. The molecule has 1 atom stereocenters. The number of aromatic nitrogens is 2. The second-order valence-corrected chi connectivity index (χ2v) is 4.72. The Morgan fingerprint density at radius 1 is 1.26 bits per heavy atom. The van der Waals surface area contributed by atoms with Crippen LogP contribution in [0.25, 0.3) is 0 Å². The Balaban J connectivity index is 2.13. The van der Waals surface area contributed by atoms with Crippen LogP contribution >= 0.6 is 0 Å². The molecule has 2 N–H and O–H groups in total. The predicted octanol–water partition coefficient (Wildman–Crippen LogP) is 2.85. The number of aryl methyl sites for hydroxylation is 1. The lowest BCUT2D eigenvalue weighted by Crippen LogP contribution is -2.40. The molecule has 0 aliphatic rings. The van der Waals surface area contributed by atoms with Crippen molar-refractivity contribution in [1.82, 2.24) is 15.1 Å². The SMILES string of the molecule is COc1ccc([C@@H](NC(=O)Nc2ccn(C)n2)C(F)(F)F)cc1. The number of nitrogens with zero attached hydrogens (tertiary/aromatic N) is 2. The molecule has 124 valence electrons. The number of ether oxygens (including phenoxy) is 1. The van der Waals surface area contributed by atoms with Gasteiger partial charge in [0.05, 0.1) is 7.11 Å². The van der Waals surface area contributed by atoms with Crippen LogP contribution in [0, 0.1) is 0 Å². The number of methoxy groups -OCH3 is 1. The van der Waals surface area contributed by atoms with Crippen molar-refractivity contribution in [2.75, 3.05) is 12.4 Å². The molecular formula is C14H15F3N4O2. The zero-order valence-corrected chi connectivity index (χ0v) is 12.4. The summed E-state index contributed by atoms with van der Waals surface area (Å²) in [6.07, 6.45) is -3.09. The van der Waals surface area contributed by atoms with Crippen LogP contribution in [-0.4, -0.2) is 29.1 Å². The van der Waals surface area contributed by atoms with E-state index in [1.165, 1.54) is 42.1 Å². The van der Waals surface area contributed by atoms with Gasteiger partial charge in [0, 0.05) is 19.3 Å². The molecule has 6 nitrogen and oxygen atoms in total. The smallest absolute Gasteiger partial charge is 0.412 e. The molecule has 0 spiro atoms. The van der Waals surface area contributed by atoms with Crippen molar-refractivity contribution in [3.63, 3.8) is 0 Å². The Bertz CT molecular complexity index is 667. The largest absolute Gasteiger partial charge is 0.497 e. The third kappa shape index (κ3) is 4.38. The van der Waals surface area contributed by atoms with E-state index in [9.17, 15) is 18.0 Å². The molecule has 0 bridgehead atoms.